The molecule has 0 N–H and O–H groups in total. The van der Waals surface area contributed by atoms with Crippen LogP contribution in [0.15, 0.2) is 17.5 Å². The molecule has 0 unspecified atom stereocenters. The van der Waals surface area contributed by atoms with Gasteiger partial charge in [-0.05, 0) is 55.9 Å². The summed E-state index contributed by atoms with van der Waals surface area (Å²) in [4.78, 5) is 1.43. The smallest absolute Gasteiger partial charge is 0.0689 e. The van der Waals surface area contributed by atoms with Crippen molar-refractivity contribution in [3.05, 3.63) is 22.4 Å². The van der Waals surface area contributed by atoms with Crippen LogP contribution in [0.5, 0.6) is 0 Å². The first-order valence-corrected chi connectivity index (χ1v) is 8.09. The lowest BCUT2D eigenvalue weighted by atomic mass is 9.68. The summed E-state index contributed by atoms with van der Waals surface area (Å²) in [6.07, 6.45) is 9.58. The van der Waals surface area contributed by atoms with Crippen LogP contribution in [0.4, 0.5) is 0 Å². The van der Waals surface area contributed by atoms with Crippen LogP contribution in [-0.4, -0.2) is 0 Å². The van der Waals surface area contributed by atoms with Gasteiger partial charge in [0.1, 0.15) is 0 Å². The van der Waals surface area contributed by atoms with Crippen molar-refractivity contribution < 1.29 is 0 Å². The minimum Gasteiger partial charge on any atom is -0.198 e. The maximum absolute atomic E-state index is 9.54. The predicted octanol–water partition coefficient (Wildman–Crippen LogP) is 5.18. The average Bonchev–Trinajstić information content (AvgIpc) is 2.92. The monoisotopic (exact) mass is 261 g/mol. The van der Waals surface area contributed by atoms with Gasteiger partial charge in [-0.3, -0.25) is 0 Å². The van der Waals surface area contributed by atoms with E-state index in [-0.39, 0.29) is 5.41 Å². The zero-order valence-corrected chi connectivity index (χ0v) is 12.1. The second kappa shape index (κ2) is 6.38. The summed E-state index contributed by atoms with van der Waals surface area (Å²) in [5, 5.41) is 11.7. The maximum atomic E-state index is 9.54. The number of nitriles is 1. The summed E-state index contributed by atoms with van der Waals surface area (Å²) < 4.78 is 0. The summed E-state index contributed by atoms with van der Waals surface area (Å²) in [7, 11) is 0. The van der Waals surface area contributed by atoms with Gasteiger partial charge in [-0.1, -0.05) is 25.8 Å². The predicted molar refractivity (Wildman–Crippen MR) is 77.6 cm³/mol. The highest BCUT2D eigenvalue weighted by atomic mass is 32.1. The van der Waals surface area contributed by atoms with Gasteiger partial charge in [0.25, 0.3) is 0 Å². The normalized spacial score (nSPS) is 27.9. The summed E-state index contributed by atoms with van der Waals surface area (Å²) in [6, 6.07) is 6.95. The lowest BCUT2D eigenvalue weighted by Gasteiger charge is -2.35. The van der Waals surface area contributed by atoms with E-state index in [1.165, 1.54) is 30.6 Å². The van der Waals surface area contributed by atoms with Crippen molar-refractivity contribution >= 4 is 11.3 Å². The zero-order valence-electron chi connectivity index (χ0n) is 11.3. The Morgan fingerprint density at radius 2 is 2.22 bits per heavy atom. The van der Waals surface area contributed by atoms with E-state index in [1.54, 1.807) is 0 Å². The van der Waals surface area contributed by atoms with Crippen LogP contribution in [0.3, 0.4) is 0 Å². The van der Waals surface area contributed by atoms with Crippen molar-refractivity contribution in [1.82, 2.24) is 0 Å². The molecular weight excluding hydrogens is 238 g/mol. The molecule has 1 aromatic heterocycles. The SMILES string of the molecule is CCCC1CCC(C#N)(CCc2cccs2)CC1. The van der Waals surface area contributed by atoms with Crippen LogP contribution in [0.2, 0.25) is 0 Å². The first kappa shape index (κ1) is 13.6. The molecule has 1 saturated carbocycles. The van der Waals surface area contributed by atoms with Crippen LogP contribution in [-0.2, 0) is 6.42 Å². The third kappa shape index (κ3) is 3.36. The van der Waals surface area contributed by atoms with Crippen LogP contribution in [0.1, 0.15) is 56.7 Å². The lowest BCUT2D eigenvalue weighted by Crippen LogP contribution is -2.26. The Kier molecular flexibility index (Phi) is 4.83. The fraction of sp³-hybridized carbons (Fsp3) is 0.688. The Morgan fingerprint density at radius 3 is 2.78 bits per heavy atom. The molecule has 1 aliphatic carbocycles. The summed E-state index contributed by atoms with van der Waals surface area (Å²) >= 11 is 1.82. The molecule has 1 heterocycles. The van der Waals surface area contributed by atoms with Crippen molar-refractivity contribution in [2.45, 2.75) is 58.3 Å². The number of hydrogen-bond acceptors (Lipinski definition) is 2. The molecule has 0 saturated heterocycles. The quantitative estimate of drug-likeness (QED) is 0.716. The van der Waals surface area contributed by atoms with Gasteiger partial charge in [-0.25, -0.2) is 0 Å². The fourth-order valence-electron chi connectivity index (χ4n) is 3.16. The summed E-state index contributed by atoms with van der Waals surface area (Å²) in [5.41, 5.74) is -0.0196. The second-order valence-corrected chi connectivity index (χ2v) is 6.74. The van der Waals surface area contributed by atoms with Crippen LogP contribution in [0, 0.1) is 22.7 Å². The molecule has 98 valence electrons. The van der Waals surface area contributed by atoms with Gasteiger partial charge < -0.3 is 0 Å². The van der Waals surface area contributed by atoms with Crippen LogP contribution < -0.4 is 0 Å². The molecule has 0 bridgehead atoms. The van der Waals surface area contributed by atoms with E-state index >= 15 is 0 Å². The minimum atomic E-state index is -0.0196. The number of aryl methyl sites for hydroxylation is 1. The first-order valence-electron chi connectivity index (χ1n) is 7.21. The van der Waals surface area contributed by atoms with Gasteiger partial charge in [0.2, 0.25) is 0 Å². The average molecular weight is 261 g/mol. The molecule has 0 atom stereocenters. The van der Waals surface area contributed by atoms with E-state index in [2.05, 4.69) is 30.5 Å². The second-order valence-electron chi connectivity index (χ2n) is 5.70. The standard InChI is InChI=1S/C16H23NS/c1-2-4-14-6-9-16(13-17,10-7-14)11-8-15-5-3-12-18-15/h3,5,12,14H,2,4,6-11H2,1H3. The molecule has 0 aliphatic heterocycles. The van der Waals surface area contributed by atoms with Gasteiger partial charge in [0.15, 0.2) is 0 Å². The van der Waals surface area contributed by atoms with Gasteiger partial charge in [-0.15, -0.1) is 11.3 Å². The Labute approximate surface area is 115 Å². The van der Waals surface area contributed by atoms with E-state index in [9.17, 15) is 5.26 Å². The highest BCUT2D eigenvalue weighted by Crippen LogP contribution is 2.43. The van der Waals surface area contributed by atoms with Gasteiger partial charge >= 0.3 is 0 Å². The number of hydrogen-bond donors (Lipinski definition) is 0. The van der Waals surface area contributed by atoms with E-state index in [0.29, 0.717) is 0 Å². The van der Waals surface area contributed by atoms with Gasteiger partial charge in [-0.2, -0.15) is 5.26 Å². The highest BCUT2D eigenvalue weighted by molar-refractivity contribution is 7.09. The molecule has 18 heavy (non-hydrogen) atoms. The molecule has 1 aliphatic rings. The van der Waals surface area contributed by atoms with Crippen molar-refractivity contribution in [3.63, 3.8) is 0 Å². The first-order chi connectivity index (χ1) is 8.78. The molecule has 1 nitrogen and oxygen atoms in total. The highest BCUT2D eigenvalue weighted by Gasteiger charge is 2.34. The van der Waals surface area contributed by atoms with Crippen molar-refractivity contribution in [3.8, 4) is 6.07 Å². The third-order valence-corrected chi connectivity index (χ3v) is 5.36. The maximum Gasteiger partial charge on any atom is 0.0689 e. The molecule has 1 aromatic rings. The van der Waals surface area contributed by atoms with Gasteiger partial charge in [0.05, 0.1) is 11.5 Å². The van der Waals surface area contributed by atoms with Crippen LogP contribution >= 0.6 is 11.3 Å². The largest absolute Gasteiger partial charge is 0.198 e. The number of nitrogens with zero attached hydrogens (tertiary/aromatic N) is 1. The van der Waals surface area contributed by atoms with E-state index in [0.717, 1.165) is 31.6 Å². The van der Waals surface area contributed by atoms with Crippen LogP contribution in [0.25, 0.3) is 0 Å². The lowest BCUT2D eigenvalue weighted by molar-refractivity contribution is 0.190. The molecule has 1 fully saturated rings. The summed E-state index contributed by atoms with van der Waals surface area (Å²) in [6.45, 7) is 2.27. The van der Waals surface area contributed by atoms with E-state index in [1.807, 2.05) is 11.3 Å². The molecular formula is C16H23NS. The molecule has 2 rings (SSSR count). The Hall–Kier alpha value is -0.810. The fourth-order valence-corrected chi connectivity index (χ4v) is 3.87. The molecule has 0 radical (unpaired) electrons. The molecule has 2 heteroatoms. The van der Waals surface area contributed by atoms with Gasteiger partial charge in [0, 0.05) is 4.88 Å². The molecule has 0 spiro atoms. The van der Waals surface area contributed by atoms with Crippen molar-refractivity contribution in [2.75, 3.05) is 0 Å². The van der Waals surface area contributed by atoms with Crippen molar-refractivity contribution in [1.29, 1.82) is 5.26 Å². The topological polar surface area (TPSA) is 23.8 Å². The Balaban J connectivity index is 1.86. The molecule has 0 aromatic carbocycles. The number of rotatable bonds is 5. The Bertz CT molecular complexity index is 380. The third-order valence-electron chi connectivity index (χ3n) is 4.43. The zero-order chi connectivity index (χ0) is 12.8. The Morgan fingerprint density at radius 1 is 1.44 bits per heavy atom. The summed E-state index contributed by atoms with van der Waals surface area (Å²) in [5.74, 6) is 0.887. The number of thiophene rings is 1. The minimum absolute atomic E-state index is 0.0196. The van der Waals surface area contributed by atoms with E-state index < -0.39 is 0 Å². The van der Waals surface area contributed by atoms with E-state index in [4.69, 9.17) is 0 Å². The van der Waals surface area contributed by atoms with Crippen molar-refractivity contribution in [2.24, 2.45) is 11.3 Å². The molecule has 0 amide bonds.